The van der Waals surface area contributed by atoms with Gasteiger partial charge in [0.25, 0.3) is 5.78 Å². The lowest BCUT2D eigenvalue weighted by atomic mass is 9.94. The number of fused-ring (bicyclic) bond motifs is 1. The molecule has 2 aliphatic heterocycles. The van der Waals surface area contributed by atoms with Crippen molar-refractivity contribution in [2.75, 3.05) is 18.1 Å². The summed E-state index contributed by atoms with van der Waals surface area (Å²) >= 11 is 1.19. The molecule has 1 aromatic heterocycles. The van der Waals surface area contributed by atoms with Crippen LogP contribution in [0.2, 0.25) is 0 Å². The van der Waals surface area contributed by atoms with Crippen molar-refractivity contribution in [1.82, 2.24) is 10.2 Å². The molecule has 1 fully saturated rings. The fourth-order valence-electron chi connectivity index (χ4n) is 4.68. The normalized spacial score (nSPS) is 19.8. The Morgan fingerprint density at radius 2 is 2.03 bits per heavy atom. The van der Waals surface area contributed by atoms with Crippen LogP contribution in [0.1, 0.15) is 41.6 Å². The summed E-state index contributed by atoms with van der Waals surface area (Å²) in [5.74, 6) is -0.205. The van der Waals surface area contributed by atoms with Gasteiger partial charge in [0.05, 0.1) is 18.2 Å². The number of ketones is 1. The third kappa shape index (κ3) is 4.51. The standard InChI is InChI=1S/C28H27N3O6S/c1-5-11-36-21-10-7-17(14-22(21)35-6-2)24-23(26(33)27(34)31(24)28-30-29-16(4)38-28)25(32)18-8-9-20-19(13-18)12-15(3)37-20/h5,7-10,13-15,24,32H,1,6,11-12H2,2-4H3/b25-23-. The van der Waals surface area contributed by atoms with Gasteiger partial charge in [0.15, 0.2) is 11.5 Å². The molecule has 2 aromatic carbocycles. The molecule has 196 valence electrons. The minimum atomic E-state index is -0.960. The van der Waals surface area contributed by atoms with E-state index in [0.717, 1.165) is 11.3 Å². The third-order valence-corrected chi connectivity index (χ3v) is 7.11. The van der Waals surface area contributed by atoms with Crippen LogP contribution in [0, 0.1) is 6.92 Å². The monoisotopic (exact) mass is 533 g/mol. The highest BCUT2D eigenvalue weighted by molar-refractivity contribution is 7.15. The van der Waals surface area contributed by atoms with Crippen molar-refractivity contribution in [3.05, 3.63) is 76.3 Å². The first-order valence-electron chi connectivity index (χ1n) is 12.2. The minimum absolute atomic E-state index is 0.0208. The zero-order valence-corrected chi connectivity index (χ0v) is 22.1. The summed E-state index contributed by atoms with van der Waals surface area (Å²) in [7, 11) is 0. The lowest BCUT2D eigenvalue weighted by Gasteiger charge is -2.23. The second-order valence-electron chi connectivity index (χ2n) is 8.97. The van der Waals surface area contributed by atoms with Crippen LogP contribution < -0.4 is 19.1 Å². The number of hydrogen-bond donors (Lipinski definition) is 1. The van der Waals surface area contributed by atoms with E-state index in [-0.39, 0.29) is 29.2 Å². The van der Waals surface area contributed by atoms with Crippen molar-refractivity contribution >= 4 is 33.9 Å². The number of benzene rings is 2. The average molecular weight is 534 g/mol. The van der Waals surface area contributed by atoms with Gasteiger partial charge in [-0.3, -0.25) is 14.5 Å². The fraction of sp³-hybridized carbons (Fsp3) is 0.286. The van der Waals surface area contributed by atoms with E-state index in [4.69, 9.17) is 14.2 Å². The molecule has 2 atom stereocenters. The second kappa shape index (κ2) is 10.3. The van der Waals surface area contributed by atoms with Crippen LogP contribution in [-0.4, -0.2) is 46.3 Å². The van der Waals surface area contributed by atoms with Crippen molar-refractivity contribution in [2.24, 2.45) is 0 Å². The number of rotatable bonds is 8. The lowest BCUT2D eigenvalue weighted by molar-refractivity contribution is -0.132. The number of aliphatic hydroxyl groups excluding tert-OH is 1. The Hall–Kier alpha value is -4.18. The summed E-state index contributed by atoms with van der Waals surface area (Å²) in [5, 5.41) is 20.6. The quantitative estimate of drug-likeness (QED) is 0.191. The minimum Gasteiger partial charge on any atom is -0.507 e. The van der Waals surface area contributed by atoms with Crippen molar-refractivity contribution in [3.63, 3.8) is 0 Å². The fourth-order valence-corrected chi connectivity index (χ4v) is 5.40. The lowest BCUT2D eigenvalue weighted by Crippen LogP contribution is -2.29. The molecule has 1 N–H and O–H groups in total. The average Bonchev–Trinajstić information content (AvgIpc) is 3.57. The molecular weight excluding hydrogens is 506 g/mol. The van der Waals surface area contributed by atoms with Crippen molar-refractivity contribution in [2.45, 2.75) is 39.3 Å². The molecule has 3 aromatic rings. The van der Waals surface area contributed by atoms with Crippen molar-refractivity contribution < 1.29 is 28.9 Å². The zero-order chi connectivity index (χ0) is 27.0. The summed E-state index contributed by atoms with van der Waals surface area (Å²) in [6, 6.07) is 9.46. The van der Waals surface area contributed by atoms with E-state index in [9.17, 15) is 14.7 Å². The Labute approximate surface area is 224 Å². The first-order chi connectivity index (χ1) is 18.3. The van der Waals surface area contributed by atoms with Crippen LogP contribution >= 0.6 is 11.3 Å². The number of hydrogen-bond acceptors (Lipinski definition) is 9. The first-order valence-corrected chi connectivity index (χ1v) is 13.1. The molecule has 0 saturated carbocycles. The van der Waals surface area contributed by atoms with Gasteiger partial charge >= 0.3 is 5.91 Å². The molecule has 0 bridgehead atoms. The number of ether oxygens (including phenoxy) is 3. The smallest absolute Gasteiger partial charge is 0.301 e. The van der Waals surface area contributed by atoms with Crippen LogP contribution in [0.3, 0.4) is 0 Å². The Morgan fingerprint density at radius 1 is 1.21 bits per heavy atom. The topological polar surface area (TPSA) is 111 Å². The SMILES string of the molecule is C=CCOc1ccc(C2/C(=C(/O)c3ccc4c(c3)CC(C)O4)C(=O)C(=O)N2c2nnc(C)s2)cc1OCC. The number of anilines is 1. The van der Waals surface area contributed by atoms with E-state index >= 15 is 0 Å². The molecule has 5 rings (SSSR count). The highest BCUT2D eigenvalue weighted by Crippen LogP contribution is 2.45. The van der Waals surface area contributed by atoms with Crippen LogP contribution in [0.25, 0.3) is 5.76 Å². The highest BCUT2D eigenvalue weighted by Gasteiger charge is 2.48. The molecule has 0 spiro atoms. The predicted molar refractivity (Wildman–Crippen MR) is 143 cm³/mol. The number of carbonyl (C=O) groups is 2. The second-order valence-corrected chi connectivity index (χ2v) is 10.1. The van der Waals surface area contributed by atoms with E-state index in [0.29, 0.717) is 40.7 Å². The van der Waals surface area contributed by atoms with Gasteiger partial charge in [-0.05, 0) is 62.2 Å². The zero-order valence-electron chi connectivity index (χ0n) is 21.3. The Bertz CT molecular complexity index is 1460. The van der Waals surface area contributed by atoms with Crippen LogP contribution in [0.15, 0.2) is 54.6 Å². The number of aliphatic hydroxyl groups is 1. The molecule has 0 aliphatic carbocycles. The molecule has 38 heavy (non-hydrogen) atoms. The first kappa shape index (κ1) is 25.5. The largest absolute Gasteiger partial charge is 0.507 e. The molecule has 3 heterocycles. The Balaban J connectivity index is 1.67. The molecule has 1 saturated heterocycles. The van der Waals surface area contributed by atoms with Crippen LogP contribution in [0.4, 0.5) is 5.13 Å². The summed E-state index contributed by atoms with van der Waals surface area (Å²) in [4.78, 5) is 28.1. The predicted octanol–water partition coefficient (Wildman–Crippen LogP) is 4.76. The maximum absolute atomic E-state index is 13.5. The van der Waals surface area contributed by atoms with Gasteiger partial charge in [0, 0.05) is 12.0 Å². The molecule has 0 radical (unpaired) electrons. The number of Topliss-reactive ketones (excluding diaryl/α,β-unsaturated/α-hetero) is 1. The van der Waals surface area contributed by atoms with Gasteiger partial charge in [-0.25, -0.2) is 0 Å². The number of aromatic nitrogens is 2. The Kier molecular flexibility index (Phi) is 6.90. The molecule has 9 nitrogen and oxygen atoms in total. The summed E-state index contributed by atoms with van der Waals surface area (Å²) in [6.07, 6.45) is 2.33. The molecule has 10 heteroatoms. The van der Waals surface area contributed by atoms with E-state index in [1.54, 1.807) is 49.4 Å². The maximum atomic E-state index is 13.5. The van der Waals surface area contributed by atoms with E-state index in [1.165, 1.54) is 16.2 Å². The van der Waals surface area contributed by atoms with Crippen molar-refractivity contribution in [3.8, 4) is 17.2 Å². The van der Waals surface area contributed by atoms with Gasteiger partial charge in [-0.1, -0.05) is 30.1 Å². The van der Waals surface area contributed by atoms with Crippen LogP contribution in [-0.2, 0) is 16.0 Å². The number of carbonyl (C=O) groups excluding carboxylic acids is 2. The molecule has 1 amide bonds. The number of amides is 1. The maximum Gasteiger partial charge on any atom is 0.301 e. The molecule has 2 aliphatic rings. The summed E-state index contributed by atoms with van der Waals surface area (Å²) < 4.78 is 17.3. The summed E-state index contributed by atoms with van der Waals surface area (Å²) in [5.41, 5.74) is 1.85. The van der Waals surface area contributed by atoms with E-state index < -0.39 is 17.7 Å². The van der Waals surface area contributed by atoms with E-state index in [1.807, 2.05) is 13.8 Å². The molecular formula is C28H27N3O6S. The van der Waals surface area contributed by atoms with Gasteiger partial charge in [0.1, 0.15) is 29.2 Å². The van der Waals surface area contributed by atoms with Gasteiger partial charge < -0.3 is 19.3 Å². The molecule has 2 unspecified atom stereocenters. The van der Waals surface area contributed by atoms with Crippen molar-refractivity contribution in [1.29, 1.82) is 0 Å². The highest BCUT2D eigenvalue weighted by atomic mass is 32.1. The third-order valence-electron chi connectivity index (χ3n) is 6.28. The number of nitrogens with zero attached hydrogens (tertiary/aromatic N) is 3. The van der Waals surface area contributed by atoms with Gasteiger partial charge in [0.2, 0.25) is 5.13 Å². The van der Waals surface area contributed by atoms with Gasteiger partial charge in [-0.15, -0.1) is 10.2 Å². The van der Waals surface area contributed by atoms with Gasteiger partial charge in [-0.2, -0.15) is 0 Å². The van der Waals surface area contributed by atoms with Crippen LogP contribution in [0.5, 0.6) is 17.2 Å². The van der Waals surface area contributed by atoms with E-state index in [2.05, 4.69) is 16.8 Å². The Morgan fingerprint density at radius 3 is 2.74 bits per heavy atom. The summed E-state index contributed by atoms with van der Waals surface area (Å²) in [6.45, 7) is 9.91. The number of aryl methyl sites for hydroxylation is 1.